The predicted molar refractivity (Wildman–Crippen MR) is 55.9 cm³/mol. The summed E-state index contributed by atoms with van der Waals surface area (Å²) in [6.45, 7) is 7.58. The van der Waals surface area contributed by atoms with Crippen molar-refractivity contribution >= 4 is 0 Å². The molecule has 0 aliphatic carbocycles. The smallest absolute Gasteiger partial charge is 0.120 e. The molecular formula is C10H18N4. The summed E-state index contributed by atoms with van der Waals surface area (Å²) in [5.41, 5.74) is 0. The van der Waals surface area contributed by atoms with Crippen LogP contribution in [0.5, 0.6) is 0 Å². The Labute approximate surface area is 84.7 Å². The standard InChI is InChI=1S/C10H18N4/c1-8-6-14(9(2)5-13-8)7-10-11-3-4-12-10/h3-4,8-9,13H,5-7H2,1-2H3,(H,11,12). The molecule has 1 fully saturated rings. The summed E-state index contributed by atoms with van der Waals surface area (Å²) in [4.78, 5) is 9.86. The number of H-pyrrole nitrogens is 1. The van der Waals surface area contributed by atoms with E-state index in [1.807, 2.05) is 12.4 Å². The van der Waals surface area contributed by atoms with Crippen molar-refractivity contribution in [1.82, 2.24) is 20.2 Å². The molecule has 2 heterocycles. The second-order valence-electron chi connectivity index (χ2n) is 4.12. The van der Waals surface area contributed by atoms with E-state index in [9.17, 15) is 0 Å². The first-order chi connectivity index (χ1) is 6.75. The summed E-state index contributed by atoms with van der Waals surface area (Å²) in [5.74, 6) is 1.06. The van der Waals surface area contributed by atoms with Crippen LogP contribution in [0.4, 0.5) is 0 Å². The highest BCUT2D eigenvalue weighted by molar-refractivity contribution is 4.90. The van der Waals surface area contributed by atoms with E-state index < -0.39 is 0 Å². The summed E-state index contributed by atoms with van der Waals surface area (Å²) in [6, 6.07) is 1.18. The third kappa shape index (κ3) is 2.13. The van der Waals surface area contributed by atoms with Crippen LogP contribution in [0.15, 0.2) is 12.4 Å². The highest BCUT2D eigenvalue weighted by Crippen LogP contribution is 2.09. The van der Waals surface area contributed by atoms with Crippen LogP contribution in [0.2, 0.25) is 0 Å². The zero-order valence-electron chi connectivity index (χ0n) is 8.83. The Kier molecular flexibility index (Phi) is 2.84. The number of rotatable bonds is 2. The number of aromatic nitrogens is 2. The number of nitrogens with zero attached hydrogens (tertiary/aromatic N) is 2. The van der Waals surface area contributed by atoms with E-state index in [1.165, 1.54) is 0 Å². The second kappa shape index (κ2) is 4.11. The van der Waals surface area contributed by atoms with Gasteiger partial charge in [-0.1, -0.05) is 0 Å². The number of imidazole rings is 1. The molecule has 1 saturated heterocycles. The topological polar surface area (TPSA) is 44.0 Å². The zero-order chi connectivity index (χ0) is 9.97. The Hall–Kier alpha value is -0.870. The summed E-state index contributed by atoms with van der Waals surface area (Å²) in [7, 11) is 0. The van der Waals surface area contributed by atoms with Crippen molar-refractivity contribution in [2.45, 2.75) is 32.5 Å². The van der Waals surface area contributed by atoms with Crippen LogP contribution in [0, 0.1) is 0 Å². The van der Waals surface area contributed by atoms with Crippen molar-refractivity contribution in [3.05, 3.63) is 18.2 Å². The maximum Gasteiger partial charge on any atom is 0.120 e. The minimum Gasteiger partial charge on any atom is -0.348 e. The monoisotopic (exact) mass is 194 g/mol. The summed E-state index contributed by atoms with van der Waals surface area (Å²) in [5, 5.41) is 3.47. The van der Waals surface area contributed by atoms with Gasteiger partial charge in [0.15, 0.2) is 0 Å². The van der Waals surface area contributed by atoms with Gasteiger partial charge >= 0.3 is 0 Å². The number of hydrogen-bond donors (Lipinski definition) is 2. The Morgan fingerprint density at radius 2 is 2.43 bits per heavy atom. The summed E-state index contributed by atoms with van der Waals surface area (Å²) >= 11 is 0. The molecule has 0 spiro atoms. The number of aromatic amines is 1. The Balaban J connectivity index is 1.95. The molecular weight excluding hydrogens is 176 g/mol. The molecule has 0 saturated carbocycles. The van der Waals surface area contributed by atoms with Crippen molar-refractivity contribution < 1.29 is 0 Å². The van der Waals surface area contributed by atoms with E-state index in [-0.39, 0.29) is 0 Å². The fraction of sp³-hybridized carbons (Fsp3) is 0.700. The van der Waals surface area contributed by atoms with Crippen molar-refractivity contribution in [2.75, 3.05) is 13.1 Å². The normalized spacial score (nSPS) is 29.3. The minimum absolute atomic E-state index is 0.584. The Bertz CT molecular complexity index is 270. The van der Waals surface area contributed by atoms with E-state index in [2.05, 4.69) is 34.0 Å². The molecule has 1 aromatic rings. The molecule has 78 valence electrons. The average molecular weight is 194 g/mol. The van der Waals surface area contributed by atoms with E-state index in [0.717, 1.165) is 25.5 Å². The first-order valence-corrected chi connectivity index (χ1v) is 5.21. The van der Waals surface area contributed by atoms with Crippen molar-refractivity contribution in [2.24, 2.45) is 0 Å². The van der Waals surface area contributed by atoms with Gasteiger partial charge in [0.05, 0.1) is 6.54 Å². The molecule has 4 heteroatoms. The van der Waals surface area contributed by atoms with Crippen LogP contribution >= 0.6 is 0 Å². The fourth-order valence-electron chi connectivity index (χ4n) is 1.89. The molecule has 0 amide bonds. The van der Waals surface area contributed by atoms with Crippen LogP contribution in [0.1, 0.15) is 19.7 Å². The summed E-state index contributed by atoms with van der Waals surface area (Å²) in [6.07, 6.45) is 3.69. The first kappa shape index (κ1) is 9.68. The average Bonchev–Trinajstić information content (AvgIpc) is 2.64. The van der Waals surface area contributed by atoms with Crippen LogP contribution in [0.3, 0.4) is 0 Å². The van der Waals surface area contributed by atoms with Crippen molar-refractivity contribution in [3.63, 3.8) is 0 Å². The van der Waals surface area contributed by atoms with Crippen molar-refractivity contribution in [1.29, 1.82) is 0 Å². The Morgan fingerprint density at radius 1 is 1.57 bits per heavy atom. The van der Waals surface area contributed by atoms with Crippen LogP contribution in [-0.2, 0) is 6.54 Å². The Morgan fingerprint density at radius 3 is 3.14 bits per heavy atom. The largest absolute Gasteiger partial charge is 0.348 e. The zero-order valence-corrected chi connectivity index (χ0v) is 8.83. The molecule has 2 N–H and O–H groups in total. The van der Waals surface area contributed by atoms with Gasteiger partial charge in [-0.3, -0.25) is 4.90 Å². The maximum absolute atomic E-state index is 4.25. The maximum atomic E-state index is 4.25. The van der Waals surface area contributed by atoms with E-state index in [4.69, 9.17) is 0 Å². The van der Waals surface area contributed by atoms with E-state index in [0.29, 0.717) is 12.1 Å². The quantitative estimate of drug-likeness (QED) is 0.724. The lowest BCUT2D eigenvalue weighted by atomic mass is 10.1. The van der Waals surface area contributed by atoms with Gasteiger partial charge < -0.3 is 10.3 Å². The number of piperazine rings is 1. The molecule has 2 rings (SSSR count). The van der Waals surface area contributed by atoms with Crippen LogP contribution in [-0.4, -0.2) is 40.0 Å². The van der Waals surface area contributed by atoms with Gasteiger partial charge in [0.2, 0.25) is 0 Å². The lowest BCUT2D eigenvalue weighted by Crippen LogP contribution is -2.53. The molecule has 2 unspecified atom stereocenters. The van der Waals surface area contributed by atoms with Gasteiger partial charge in [-0.15, -0.1) is 0 Å². The van der Waals surface area contributed by atoms with Gasteiger partial charge in [-0.25, -0.2) is 4.98 Å². The van der Waals surface area contributed by atoms with Gasteiger partial charge in [-0.05, 0) is 13.8 Å². The molecule has 1 aromatic heterocycles. The molecule has 4 nitrogen and oxygen atoms in total. The number of nitrogens with one attached hydrogen (secondary N) is 2. The minimum atomic E-state index is 0.584. The second-order valence-corrected chi connectivity index (χ2v) is 4.12. The van der Waals surface area contributed by atoms with Gasteiger partial charge in [0, 0.05) is 37.6 Å². The molecule has 14 heavy (non-hydrogen) atoms. The van der Waals surface area contributed by atoms with Gasteiger partial charge in [-0.2, -0.15) is 0 Å². The fourth-order valence-corrected chi connectivity index (χ4v) is 1.89. The third-order valence-corrected chi connectivity index (χ3v) is 2.80. The summed E-state index contributed by atoms with van der Waals surface area (Å²) < 4.78 is 0. The molecule has 0 aromatic carbocycles. The first-order valence-electron chi connectivity index (χ1n) is 5.21. The van der Waals surface area contributed by atoms with Crippen LogP contribution < -0.4 is 5.32 Å². The molecule has 2 atom stereocenters. The highest BCUT2D eigenvalue weighted by Gasteiger charge is 2.22. The van der Waals surface area contributed by atoms with E-state index >= 15 is 0 Å². The van der Waals surface area contributed by atoms with Gasteiger partial charge in [0.1, 0.15) is 5.82 Å². The molecule has 0 radical (unpaired) electrons. The number of hydrogen-bond acceptors (Lipinski definition) is 3. The third-order valence-electron chi connectivity index (χ3n) is 2.80. The SMILES string of the molecule is CC1CN(Cc2ncc[nH]2)C(C)CN1. The molecule has 0 bridgehead atoms. The lowest BCUT2D eigenvalue weighted by molar-refractivity contribution is 0.136. The molecule has 1 aliphatic rings. The van der Waals surface area contributed by atoms with Crippen LogP contribution in [0.25, 0.3) is 0 Å². The van der Waals surface area contributed by atoms with Gasteiger partial charge in [0.25, 0.3) is 0 Å². The van der Waals surface area contributed by atoms with Crippen molar-refractivity contribution in [3.8, 4) is 0 Å². The van der Waals surface area contributed by atoms with E-state index in [1.54, 1.807) is 0 Å². The predicted octanol–water partition coefficient (Wildman–Crippen LogP) is 0.592. The molecule has 1 aliphatic heterocycles. The highest BCUT2D eigenvalue weighted by atomic mass is 15.2. The lowest BCUT2D eigenvalue weighted by Gasteiger charge is -2.36.